The summed E-state index contributed by atoms with van der Waals surface area (Å²) < 4.78 is 5.61. The van der Waals surface area contributed by atoms with Gasteiger partial charge in [-0.05, 0) is 45.3 Å². The van der Waals surface area contributed by atoms with Crippen molar-refractivity contribution in [3.05, 3.63) is 29.8 Å². The molecule has 2 unspecified atom stereocenters. The third kappa shape index (κ3) is 6.93. The first-order valence-corrected chi connectivity index (χ1v) is 12.7. The number of likely N-dealkylation sites (tertiary alicyclic amines) is 1. The van der Waals surface area contributed by atoms with Gasteiger partial charge in [-0.25, -0.2) is 0 Å². The van der Waals surface area contributed by atoms with Crippen molar-refractivity contribution in [3.8, 4) is 5.75 Å². The van der Waals surface area contributed by atoms with E-state index in [2.05, 4.69) is 29.1 Å². The summed E-state index contributed by atoms with van der Waals surface area (Å²) in [5.74, 6) is 0.673. The number of hydrogen-bond donors (Lipinski definition) is 1. The van der Waals surface area contributed by atoms with Crippen molar-refractivity contribution in [2.45, 2.75) is 51.5 Å². The quantitative estimate of drug-likeness (QED) is 0.517. The van der Waals surface area contributed by atoms with E-state index in [1.165, 1.54) is 0 Å². The number of para-hydroxylation sites is 1. The topological polar surface area (TPSA) is 65.1 Å². The number of rotatable bonds is 11. The van der Waals surface area contributed by atoms with Crippen LogP contribution in [-0.4, -0.2) is 86.5 Å². The number of methoxy groups -OCH3 is 1. The Morgan fingerprint density at radius 1 is 1.09 bits per heavy atom. The number of nitrogens with zero attached hydrogens (tertiary/aromatic N) is 3. The van der Waals surface area contributed by atoms with E-state index < -0.39 is 0 Å². The van der Waals surface area contributed by atoms with Gasteiger partial charge in [0.25, 0.3) is 0 Å². The van der Waals surface area contributed by atoms with E-state index in [-0.39, 0.29) is 23.8 Å². The van der Waals surface area contributed by atoms with Crippen molar-refractivity contribution in [3.63, 3.8) is 0 Å². The first-order valence-electron chi connectivity index (χ1n) is 12.7. The standard InChI is InChI=1S/C26H42N4O3/c1-4-5-16-30-24(31)13-12-22(25(30)21-10-6-7-11-23(21)33-3)26(32)27-14-8-9-15-29-19-17-28(2)18-20-29/h6-7,10-11,22,25H,4-5,8-9,12-20H2,1-3H3,(H,27,32). The maximum absolute atomic E-state index is 13.3. The lowest BCUT2D eigenvalue weighted by Gasteiger charge is -2.41. The molecule has 1 aromatic carbocycles. The van der Waals surface area contributed by atoms with E-state index >= 15 is 0 Å². The van der Waals surface area contributed by atoms with Crippen molar-refractivity contribution in [1.82, 2.24) is 20.0 Å². The van der Waals surface area contributed by atoms with Crippen molar-refractivity contribution < 1.29 is 14.3 Å². The second-order valence-corrected chi connectivity index (χ2v) is 9.42. The number of unbranched alkanes of at least 4 members (excludes halogenated alkanes) is 2. The van der Waals surface area contributed by atoms with Crippen molar-refractivity contribution >= 4 is 11.8 Å². The van der Waals surface area contributed by atoms with Crippen LogP contribution < -0.4 is 10.1 Å². The van der Waals surface area contributed by atoms with Crippen molar-refractivity contribution in [2.24, 2.45) is 5.92 Å². The van der Waals surface area contributed by atoms with Crippen LogP contribution in [0.3, 0.4) is 0 Å². The number of benzene rings is 1. The minimum Gasteiger partial charge on any atom is -0.496 e. The molecule has 2 atom stereocenters. The zero-order valence-corrected chi connectivity index (χ0v) is 20.7. The number of likely N-dealkylation sites (N-methyl/N-ethyl adjacent to an activating group) is 1. The highest BCUT2D eigenvalue weighted by molar-refractivity contribution is 5.85. The molecular formula is C26H42N4O3. The second kappa shape index (κ2) is 12.9. The van der Waals surface area contributed by atoms with Crippen LogP contribution in [0.4, 0.5) is 0 Å². The van der Waals surface area contributed by atoms with Gasteiger partial charge in [0.15, 0.2) is 0 Å². The average molecular weight is 459 g/mol. The van der Waals surface area contributed by atoms with E-state index in [0.29, 0.717) is 25.9 Å². The van der Waals surface area contributed by atoms with Crippen LogP contribution in [-0.2, 0) is 9.59 Å². The Hall–Kier alpha value is -2.12. The summed E-state index contributed by atoms with van der Waals surface area (Å²) in [7, 11) is 3.82. The zero-order chi connectivity index (χ0) is 23.6. The normalized spacial score (nSPS) is 22.4. The fourth-order valence-electron chi connectivity index (χ4n) is 4.99. The molecule has 7 heteroatoms. The molecule has 0 bridgehead atoms. The Balaban J connectivity index is 1.61. The number of amides is 2. The molecule has 7 nitrogen and oxygen atoms in total. The van der Waals surface area contributed by atoms with Gasteiger partial charge in [0, 0.05) is 51.3 Å². The number of nitrogens with one attached hydrogen (secondary N) is 1. The lowest BCUT2D eigenvalue weighted by atomic mass is 9.83. The molecule has 2 fully saturated rings. The number of hydrogen-bond acceptors (Lipinski definition) is 5. The first kappa shape index (κ1) is 25.5. The summed E-state index contributed by atoms with van der Waals surface area (Å²) in [5.41, 5.74) is 0.930. The second-order valence-electron chi connectivity index (χ2n) is 9.42. The van der Waals surface area contributed by atoms with Gasteiger partial charge in [-0.3, -0.25) is 9.59 Å². The molecule has 2 saturated heterocycles. The molecule has 2 aliphatic rings. The molecule has 2 heterocycles. The van der Waals surface area contributed by atoms with E-state index in [0.717, 1.165) is 69.7 Å². The minimum atomic E-state index is -0.278. The molecule has 1 aromatic rings. The third-order valence-electron chi connectivity index (χ3n) is 7.05. The van der Waals surface area contributed by atoms with Gasteiger partial charge >= 0.3 is 0 Å². The SMILES string of the molecule is CCCCN1C(=O)CCC(C(=O)NCCCCN2CCN(C)CC2)C1c1ccccc1OC. The Morgan fingerprint density at radius 2 is 1.85 bits per heavy atom. The summed E-state index contributed by atoms with van der Waals surface area (Å²) in [6, 6.07) is 7.53. The fraction of sp³-hybridized carbons (Fsp3) is 0.692. The third-order valence-corrected chi connectivity index (χ3v) is 7.05. The van der Waals surface area contributed by atoms with Gasteiger partial charge in [-0.1, -0.05) is 31.5 Å². The molecule has 33 heavy (non-hydrogen) atoms. The molecular weight excluding hydrogens is 416 g/mol. The maximum Gasteiger partial charge on any atom is 0.225 e. The largest absolute Gasteiger partial charge is 0.496 e. The van der Waals surface area contributed by atoms with Crippen LogP contribution in [0.25, 0.3) is 0 Å². The summed E-state index contributed by atoms with van der Waals surface area (Å²) in [5, 5.41) is 3.18. The molecule has 0 spiro atoms. The summed E-state index contributed by atoms with van der Waals surface area (Å²) in [6.07, 6.45) is 5.01. The summed E-state index contributed by atoms with van der Waals surface area (Å²) in [6.45, 7) is 9.11. The molecule has 0 aliphatic carbocycles. The number of carbonyl (C=O) groups is 2. The Morgan fingerprint density at radius 3 is 2.58 bits per heavy atom. The molecule has 0 radical (unpaired) electrons. The monoisotopic (exact) mass is 458 g/mol. The van der Waals surface area contributed by atoms with Crippen LogP contribution in [0.15, 0.2) is 24.3 Å². The highest BCUT2D eigenvalue weighted by Gasteiger charge is 2.41. The van der Waals surface area contributed by atoms with Gasteiger partial charge in [0.2, 0.25) is 11.8 Å². The lowest BCUT2D eigenvalue weighted by Crippen LogP contribution is -2.48. The van der Waals surface area contributed by atoms with Crippen molar-refractivity contribution in [1.29, 1.82) is 0 Å². The van der Waals surface area contributed by atoms with E-state index in [4.69, 9.17) is 4.74 Å². The van der Waals surface area contributed by atoms with Crippen LogP contribution in [0.5, 0.6) is 5.75 Å². The first-order chi connectivity index (χ1) is 16.0. The van der Waals surface area contributed by atoms with Crippen LogP contribution in [0.2, 0.25) is 0 Å². The smallest absolute Gasteiger partial charge is 0.225 e. The van der Waals surface area contributed by atoms with E-state index in [1.807, 2.05) is 29.2 Å². The highest BCUT2D eigenvalue weighted by atomic mass is 16.5. The summed E-state index contributed by atoms with van der Waals surface area (Å²) >= 11 is 0. The Bertz CT molecular complexity index is 764. The maximum atomic E-state index is 13.3. The van der Waals surface area contributed by atoms with E-state index in [9.17, 15) is 9.59 Å². The molecule has 2 aliphatic heterocycles. The van der Waals surface area contributed by atoms with Gasteiger partial charge < -0.3 is 24.8 Å². The van der Waals surface area contributed by atoms with Crippen LogP contribution in [0, 0.1) is 5.92 Å². The van der Waals surface area contributed by atoms with E-state index in [1.54, 1.807) is 7.11 Å². The fourth-order valence-corrected chi connectivity index (χ4v) is 4.99. The number of ether oxygens (including phenoxy) is 1. The van der Waals surface area contributed by atoms with Crippen LogP contribution in [0.1, 0.15) is 57.1 Å². The molecule has 1 N–H and O–H groups in total. The zero-order valence-electron chi connectivity index (χ0n) is 20.7. The number of piperazine rings is 1. The molecule has 3 rings (SSSR count). The Labute approximate surface area is 199 Å². The van der Waals surface area contributed by atoms with Crippen LogP contribution >= 0.6 is 0 Å². The molecule has 184 valence electrons. The highest BCUT2D eigenvalue weighted by Crippen LogP contribution is 2.40. The molecule has 2 amide bonds. The number of piperidine rings is 1. The van der Waals surface area contributed by atoms with Gasteiger partial charge in [0.05, 0.1) is 19.1 Å². The number of carbonyl (C=O) groups excluding carboxylic acids is 2. The average Bonchev–Trinajstić information content (AvgIpc) is 2.83. The predicted octanol–water partition coefficient (Wildman–Crippen LogP) is 2.92. The minimum absolute atomic E-state index is 0.0551. The van der Waals surface area contributed by atoms with Crippen molar-refractivity contribution in [2.75, 3.05) is 60.0 Å². The van der Waals surface area contributed by atoms with Gasteiger partial charge in [0.1, 0.15) is 5.75 Å². The molecule has 0 saturated carbocycles. The summed E-state index contributed by atoms with van der Waals surface area (Å²) in [4.78, 5) is 33.0. The van der Waals surface area contributed by atoms with Gasteiger partial charge in [-0.15, -0.1) is 0 Å². The van der Waals surface area contributed by atoms with Gasteiger partial charge in [-0.2, -0.15) is 0 Å². The lowest BCUT2D eigenvalue weighted by molar-refractivity contribution is -0.143. The molecule has 0 aromatic heterocycles. The predicted molar refractivity (Wildman–Crippen MR) is 131 cm³/mol. The Kier molecular flexibility index (Phi) is 10.0.